The van der Waals surface area contributed by atoms with Crippen LogP contribution in [0.25, 0.3) is 0 Å². The summed E-state index contributed by atoms with van der Waals surface area (Å²) >= 11 is 0. The molecule has 1 aliphatic heterocycles. The maximum atomic E-state index is 12.5. The van der Waals surface area contributed by atoms with E-state index in [1.807, 2.05) is 30.3 Å². The highest BCUT2D eigenvalue weighted by atomic mass is 16.5. The third-order valence-corrected chi connectivity index (χ3v) is 4.15. The first-order valence-electron chi connectivity index (χ1n) is 7.74. The molecule has 0 bridgehead atoms. The van der Waals surface area contributed by atoms with Crippen molar-refractivity contribution in [3.8, 4) is 0 Å². The Morgan fingerprint density at radius 3 is 2.91 bits per heavy atom. The molecule has 1 saturated heterocycles. The zero-order valence-electron chi connectivity index (χ0n) is 12.9. The van der Waals surface area contributed by atoms with E-state index in [-0.39, 0.29) is 18.9 Å². The molecule has 23 heavy (non-hydrogen) atoms. The highest BCUT2D eigenvalue weighted by Crippen LogP contribution is 2.23. The zero-order chi connectivity index (χ0) is 16.1. The monoisotopic (exact) mass is 315 g/mol. The molecule has 2 aromatic rings. The highest BCUT2D eigenvalue weighted by Gasteiger charge is 2.38. The van der Waals surface area contributed by atoms with Gasteiger partial charge in [-0.1, -0.05) is 30.3 Å². The van der Waals surface area contributed by atoms with E-state index in [9.17, 15) is 9.90 Å². The van der Waals surface area contributed by atoms with Crippen LogP contribution in [0.1, 0.15) is 11.3 Å². The van der Waals surface area contributed by atoms with E-state index in [0.717, 1.165) is 11.3 Å². The fourth-order valence-corrected chi connectivity index (χ4v) is 2.94. The third kappa shape index (κ3) is 3.78. The lowest BCUT2D eigenvalue weighted by Crippen LogP contribution is -2.57. The summed E-state index contributed by atoms with van der Waals surface area (Å²) in [6.45, 7) is 1.26. The van der Waals surface area contributed by atoms with Crippen molar-refractivity contribution in [2.24, 2.45) is 0 Å². The summed E-state index contributed by atoms with van der Waals surface area (Å²) < 4.78 is 5.87. The van der Waals surface area contributed by atoms with Crippen molar-refractivity contribution >= 4 is 5.91 Å². The summed E-state index contributed by atoms with van der Waals surface area (Å²) in [6, 6.07) is 9.89. The maximum absolute atomic E-state index is 12.5. The minimum Gasteiger partial charge on any atom is -0.393 e. The van der Waals surface area contributed by atoms with Crippen LogP contribution < -0.4 is 0 Å². The summed E-state index contributed by atoms with van der Waals surface area (Å²) in [6.07, 6.45) is 4.09. The van der Waals surface area contributed by atoms with Crippen molar-refractivity contribution in [2.75, 3.05) is 26.3 Å². The van der Waals surface area contributed by atoms with Crippen LogP contribution in [0.3, 0.4) is 0 Å². The fraction of sp³-hybridized carbons (Fsp3) is 0.412. The summed E-state index contributed by atoms with van der Waals surface area (Å²) in [7, 11) is 0. The summed E-state index contributed by atoms with van der Waals surface area (Å²) in [5.41, 5.74) is 1.15. The second kappa shape index (κ2) is 6.93. The first-order chi connectivity index (χ1) is 11.2. The Bertz CT molecular complexity index is 630. The number of rotatable bonds is 5. The molecule has 1 aliphatic rings. The molecule has 122 valence electrons. The second-order valence-electron chi connectivity index (χ2n) is 5.92. The molecule has 0 aliphatic carbocycles. The molecule has 3 rings (SSSR count). The van der Waals surface area contributed by atoms with E-state index in [1.165, 1.54) is 0 Å². The molecular weight excluding hydrogens is 294 g/mol. The number of ether oxygens (including phenoxy) is 1. The predicted octanol–water partition coefficient (Wildman–Crippen LogP) is 0.785. The van der Waals surface area contributed by atoms with Gasteiger partial charge in [-0.05, 0) is 5.56 Å². The number of aliphatic hydroxyl groups excluding tert-OH is 1. The number of aromatic amines is 1. The third-order valence-electron chi connectivity index (χ3n) is 4.15. The van der Waals surface area contributed by atoms with Crippen molar-refractivity contribution in [3.63, 3.8) is 0 Å². The molecule has 0 saturated carbocycles. The maximum Gasteiger partial charge on any atom is 0.228 e. The Morgan fingerprint density at radius 1 is 1.39 bits per heavy atom. The van der Waals surface area contributed by atoms with Crippen LogP contribution in [-0.4, -0.2) is 57.8 Å². The predicted molar refractivity (Wildman–Crippen MR) is 84.8 cm³/mol. The average molecular weight is 315 g/mol. The molecule has 0 spiro atoms. The first kappa shape index (κ1) is 15.7. The number of aliphatic hydroxyl groups is 1. The lowest BCUT2D eigenvalue weighted by molar-refractivity contribution is -0.157. The molecule has 1 fully saturated rings. The van der Waals surface area contributed by atoms with Crippen molar-refractivity contribution < 1.29 is 14.6 Å². The molecule has 0 unspecified atom stereocenters. The smallest absolute Gasteiger partial charge is 0.228 e. The lowest BCUT2D eigenvalue weighted by Gasteiger charge is -2.42. The summed E-state index contributed by atoms with van der Waals surface area (Å²) in [5.74, 6) is 0.0171. The molecular formula is C17H21N3O3. The van der Waals surface area contributed by atoms with Gasteiger partial charge in [-0.2, -0.15) is 0 Å². The minimum atomic E-state index is -0.733. The molecule has 6 nitrogen and oxygen atoms in total. The largest absolute Gasteiger partial charge is 0.393 e. The summed E-state index contributed by atoms with van der Waals surface area (Å²) in [4.78, 5) is 21.1. The molecule has 6 heteroatoms. The number of H-pyrrole nitrogens is 1. The van der Waals surface area contributed by atoms with Crippen LogP contribution in [-0.2, 0) is 22.4 Å². The molecule has 0 radical (unpaired) electrons. The number of hydrogen-bond donors (Lipinski definition) is 2. The van der Waals surface area contributed by atoms with Gasteiger partial charge in [0, 0.05) is 24.9 Å². The van der Waals surface area contributed by atoms with Crippen LogP contribution in [0.2, 0.25) is 0 Å². The molecule has 1 atom stereocenters. The van der Waals surface area contributed by atoms with Gasteiger partial charge in [-0.15, -0.1) is 0 Å². The standard InChI is InChI=1S/C17H21N3O3/c21-12-17(9-14-4-2-1-3-5-14)11-20(6-7-23-17)16(22)8-15-10-18-13-19-15/h1-5,10,13,21H,6-9,11-12H2,(H,18,19)/t17-/m1/s1. The number of carbonyl (C=O) groups excluding carboxylic acids is 1. The number of imidazole rings is 1. The van der Waals surface area contributed by atoms with Gasteiger partial charge in [0.1, 0.15) is 5.60 Å². The van der Waals surface area contributed by atoms with Gasteiger partial charge in [-0.25, -0.2) is 4.98 Å². The van der Waals surface area contributed by atoms with Crippen LogP contribution >= 0.6 is 0 Å². The average Bonchev–Trinajstić information content (AvgIpc) is 3.09. The van der Waals surface area contributed by atoms with Crippen LogP contribution in [0, 0.1) is 0 Å². The van der Waals surface area contributed by atoms with Crippen molar-refractivity contribution in [3.05, 3.63) is 54.1 Å². The Kier molecular flexibility index (Phi) is 4.73. The number of amides is 1. The van der Waals surface area contributed by atoms with E-state index in [2.05, 4.69) is 9.97 Å². The SMILES string of the molecule is O=C(Cc1cnc[nH]1)N1CCO[C@](CO)(Cc2ccccc2)C1. The molecule has 2 heterocycles. The number of hydrogen-bond acceptors (Lipinski definition) is 4. The first-order valence-corrected chi connectivity index (χ1v) is 7.74. The number of nitrogens with one attached hydrogen (secondary N) is 1. The van der Waals surface area contributed by atoms with E-state index < -0.39 is 5.60 Å². The molecule has 2 N–H and O–H groups in total. The second-order valence-corrected chi connectivity index (χ2v) is 5.92. The normalized spacial score (nSPS) is 21.3. The van der Waals surface area contributed by atoms with Crippen LogP contribution in [0.5, 0.6) is 0 Å². The van der Waals surface area contributed by atoms with Gasteiger partial charge >= 0.3 is 0 Å². The van der Waals surface area contributed by atoms with Gasteiger partial charge in [0.25, 0.3) is 0 Å². The number of nitrogens with zero attached hydrogens (tertiary/aromatic N) is 2. The topological polar surface area (TPSA) is 78.5 Å². The Morgan fingerprint density at radius 2 is 2.22 bits per heavy atom. The Labute approximate surface area is 135 Å². The number of benzene rings is 1. The van der Waals surface area contributed by atoms with Crippen LogP contribution in [0.4, 0.5) is 0 Å². The number of carbonyl (C=O) groups is 1. The minimum absolute atomic E-state index is 0.0171. The van der Waals surface area contributed by atoms with Crippen molar-refractivity contribution in [1.82, 2.24) is 14.9 Å². The van der Waals surface area contributed by atoms with E-state index in [1.54, 1.807) is 17.4 Å². The van der Waals surface area contributed by atoms with Crippen LogP contribution in [0.15, 0.2) is 42.9 Å². The molecule has 1 amide bonds. The highest BCUT2D eigenvalue weighted by molar-refractivity contribution is 5.78. The Balaban J connectivity index is 1.68. The molecule has 1 aromatic carbocycles. The van der Waals surface area contributed by atoms with Gasteiger partial charge in [0.15, 0.2) is 0 Å². The zero-order valence-corrected chi connectivity index (χ0v) is 12.9. The van der Waals surface area contributed by atoms with Gasteiger partial charge in [0.2, 0.25) is 5.91 Å². The fourth-order valence-electron chi connectivity index (χ4n) is 2.94. The van der Waals surface area contributed by atoms with Crippen molar-refractivity contribution in [2.45, 2.75) is 18.4 Å². The summed E-state index contributed by atoms with van der Waals surface area (Å²) in [5, 5.41) is 9.88. The number of aromatic nitrogens is 2. The van der Waals surface area contributed by atoms with E-state index in [0.29, 0.717) is 26.1 Å². The van der Waals surface area contributed by atoms with E-state index in [4.69, 9.17) is 4.74 Å². The quantitative estimate of drug-likeness (QED) is 0.855. The molecule has 1 aromatic heterocycles. The van der Waals surface area contributed by atoms with Gasteiger partial charge in [0.05, 0.1) is 32.5 Å². The van der Waals surface area contributed by atoms with Crippen molar-refractivity contribution in [1.29, 1.82) is 0 Å². The van der Waals surface area contributed by atoms with Gasteiger partial charge < -0.3 is 19.7 Å². The Hall–Kier alpha value is -2.18. The number of morpholine rings is 1. The van der Waals surface area contributed by atoms with E-state index >= 15 is 0 Å². The van der Waals surface area contributed by atoms with Gasteiger partial charge in [-0.3, -0.25) is 4.79 Å². The lowest BCUT2D eigenvalue weighted by atomic mass is 9.93.